The van der Waals surface area contributed by atoms with Crippen molar-refractivity contribution < 1.29 is 22.5 Å². The van der Waals surface area contributed by atoms with Crippen molar-refractivity contribution in [1.82, 2.24) is 10.6 Å². The van der Waals surface area contributed by atoms with Gasteiger partial charge in [-0.15, -0.1) is 0 Å². The van der Waals surface area contributed by atoms with Crippen LogP contribution in [0, 0.1) is 15.9 Å². The average Bonchev–Trinajstić information content (AvgIpc) is 2.62. The summed E-state index contributed by atoms with van der Waals surface area (Å²) in [6.07, 6.45) is -4.69. The summed E-state index contributed by atoms with van der Waals surface area (Å²) in [5.74, 6) is -0.837. The molecule has 2 rings (SSSR count). The second-order valence-corrected chi connectivity index (χ2v) is 5.46. The third-order valence-electron chi connectivity index (χ3n) is 3.68. The van der Waals surface area contributed by atoms with Crippen LogP contribution in [0.3, 0.4) is 0 Å². The Hall–Kier alpha value is -3.17. The van der Waals surface area contributed by atoms with E-state index in [1.807, 2.05) is 0 Å². The van der Waals surface area contributed by atoms with Gasteiger partial charge in [-0.05, 0) is 17.7 Å². The first-order valence-electron chi connectivity index (χ1n) is 7.75. The molecule has 0 unspecified atom stereocenters. The summed E-state index contributed by atoms with van der Waals surface area (Å²) in [6.45, 7) is -0.210. The number of nitrogens with one attached hydrogen (secondary N) is 2. The van der Waals surface area contributed by atoms with E-state index in [0.717, 1.165) is 12.1 Å². The Kier molecular flexibility index (Phi) is 6.32. The molecule has 2 aromatic rings. The Balaban J connectivity index is 2.07. The molecule has 0 aliphatic carbocycles. The Labute approximate surface area is 152 Å². The summed E-state index contributed by atoms with van der Waals surface area (Å²) in [4.78, 5) is 14.3. The lowest BCUT2D eigenvalue weighted by molar-refractivity contribution is -0.385. The molecule has 2 aromatic carbocycles. The van der Waals surface area contributed by atoms with E-state index in [0.29, 0.717) is 11.6 Å². The highest BCUT2D eigenvalue weighted by Crippen LogP contribution is 2.32. The minimum absolute atomic E-state index is 0.0480. The van der Waals surface area contributed by atoms with Crippen molar-refractivity contribution in [2.24, 2.45) is 4.99 Å². The molecule has 0 heterocycles. The SMILES string of the molecule is CN=C(NCc1ccccc1[N+](=O)[O-])NCc1ccc(F)cc1C(F)(F)F. The number of alkyl halides is 3. The van der Waals surface area contributed by atoms with E-state index in [2.05, 4.69) is 15.6 Å². The van der Waals surface area contributed by atoms with E-state index in [4.69, 9.17) is 0 Å². The molecule has 144 valence electrons. The van der Waals surface area contributed by atoms with Crippen LogP contribution in [-0.4, -0.2) is 17.9 Å². The van der Waals surface area contributed by atoms with Gasteiger partial charge in [0, 0.05) is 31.8 Å². The van der Waals surface area contributed by atoms with Crippen LogP contribution in [0.5, 0.6) is 0 Å². The quantitative estimate of drug-likeness (QED) is 0.271. The summed E-state index contributed by atoms with van der Waals surface area (Å²) in [7, 11) is 1.41. The zero-order chi connectivity index (χ0) is 20.0. The highest BCUT2D eigenvalue weighted by atomic mass is 19.4. The van der Waals surface area contributed by atoms with Crippen molar-refractivity contribution >= 4 is 11.6 Å². The minimum atomic E-state index is -4.69. The van der Waals surface area contributed by atoms with Crippen LogP contribution < -0.4 is 10.6 Å². The summed E-state index contributed by atoms with van der Waals surface area (Å²) in [6, 6.07) is 8.48. The lowest BCUT2D eigenvalue weighted by Gasteiger charge is -2.16. The smallest absolute Gasteiger partial charge is 0.352 e. The van der Waals surface area contributed by atoms with Gasteiger partial charge in [0.1, 0.15) is 5.82 Å². The molecule has 2 N–H and O–H groups in total. The van der Waals surface area contributed by atoms with E-state index in [1.54, 1.807) is 12.1 Å². The zero-order valence-electron chi connectivity index (χ0n) is 14.2. The normalized spacial score (nSPS) is 12.0. The number of para-hydroxylation sites is 1. The molecule has 0 fully saturated rings. The fraction of sp³-hybridized carbons (Fsp3) is 0.235. The molecular formula is C17H16F4N4O2. The number of benzene rings is 2. The van der Waals surface area contributed by atoms with Crippen LogP contribution in [0.25, 0.3) is 0 Å². The van der Waals surface area contributed by atoms with Gasteiger partial charge in [-0.1, -0.05) is 24.3 Å². The van der Waals surface area contributed by atoms with E-state index in [-0.39, 0.29) is 30.3 Å². The van der Waals surface area contributed by atoms with Crippen molar-refractivity contribution in [2.75, 3.05) is 7.05 Å². The number of nitrogens with zero attached hydrogens (tertiary/aromatic N) is 2. The summed E-state index contributed by atoms with van der Waals surface area (Å²) >= 11 is 0. The number of hydrogen-bond donors (Lipinski definition) is 2. The topological polar surface area (TPSA) is 79.6 Å². The van der Waals surface area contributed by atoms with Crippen molar-refractivity contribution in [3.63, 3.8) is 0 Å². The Bertz CT molecular complexity index is 853. The Morgan fingerprint density at radius 2 is 1.74 bits per heavy atom. The van der Waals surface area contributed by atoms with E-state index in [1.165, 1.54) is 19.2 Å². The van der Waals surface area contributed by atoms with Crippen LogP contribution in [0.2, 0.25) is 0 Å². The van der Waals surface area contributed by atoms with Crippen LogP contribution >= 0.6 is 0 Å². The van der Waals surface area contributed by atoms with E-state index >= 15 is 0 Å². The number of rotatable bonds is 5. The molecule has 0 saturated heterocycles. The van der Waals surface area contributed by atoms with Crippen LogP contribution in [0.4, 0.5) is 23.2 Å². The van der Waals surface area contributed by atoms with Gasteiger partial charge >= 0.3 is 6.18 Å². The van der Waals surface area contributed by atoms with Crippen LogP contribution in [0.15, 0.2) is 47.5 Å². The highest BCUT2D eigenvalue weighted by Gasteiger charge is 2.33. The van der Waals surface area contributed by atoms with Gasteiger partial charge in [0.2, 0.25) is 0 Å². The van der Waals surface area contributed by atoms with E-state index < -0.39 is 22.5 Å². The Morgan fingerprint density at radius 1 is 1.11 bits per heavy atom. The fourth-order valence-electron chi connectivity index (χ4n) is 2.38. The molecule has 6 nitrogen and oxygen atoms in total. The van der Waals surface area contributed by atoms with Gasteiger partial charge < -0.3 is 10.6 Å². The maximum Gasteiger partial charge on any atom is 0.416 e. The third kappa shape index (κ3) is 5.40. The minimum Gasteiger partial charge on any atom is -0.352 e. The summed E-state index contributed by atoms with van der Waals surface area (Å²) in [5, 5.41) is 16.5. The van der Waals surface area contributed by atoms with Gasteiger partial charge in [0.15, 0.2) is 5.96 Å². The number of aliphatic imine (C=N–C) groups is 1. The first kappa shape index (κ1) is 20.1. The molecular weight excluding hydrogens is 368 g/mol. The molecule has 0 amide bonds. The Morgan fingerprint density at radius 3 is 2.33 bits per heavy atom. The number of guanidine groups is 1. The molecule has 0 aliphatic rings. The molecule has 0 aromatic heterocycles. The number of nitro groups is 1. The highest BCUT2D eigenvalue weighted by molar-refractivity contribution is 5.79. The number of halogens is 4. The average molecular weight is 384 g/mol. The monoisotopic (exact) mass is 384 g/mol. The van der Waals surface area contributed by atoms with Gasteiger partial charge in [-0.3, -0.25) is 15.1 Å². The molecule has 0 saturated carbocycles. The molecule has 10 heteroatoms. The number of nitro benzene ring substituents is 1. The summed E-state index contributed by atoms with van der Waals surface area (Å²) in [5.41, 5.74) is -0.928. The lowest BCUT2D eigenvalue weighted by Crippen LogP contribution is -2.36. The predicted molar refractivity (Wildman–Crippen MR) is 91.5 cm³/mol. The predicted octanol–water partition coefficient (Wildman–Crippen LogP) is 3.62. The van der Waals surface area contributed by atoms with Gasteiger partial charge in [0.05, 0.1) is 10.5 Å². The largest absolute Gasteiger partial charge is 0.416 e. The van der Waals surface area contributed by atoms with Gasteiger partial charge in [0.25, 0.3) is 5.69 Å². The molecule has 0 bridgehead atoms. The second kappa shape index (κ2) is 8.47. The third-order valence-corrected chi connectivity index (χ3v) is 3.68. The summed E-state index contributed by atoms with van der Waals surface area (Å²) < 4.78 is 52.2. The van der Waals surface area contributed by atoms with Gasteiger partial charge in [-0.2, -0.15) is 13.2 Å². The van der Waals surface area contributed by atoms with Crippen molar-refractivity contribution in [1.29, 1.82) is 0 Å². The van der Waals surface area contributed by atoms with Crippen LogP contribution in [-0.2, 0) is 19.3 Å². The molecule has 0 spiro atoms. The fourth-order valence-corrected chi connectivity index (χ4v) is 2.38. The molecule has 27 heavy (non-hydrogen) atoms. The van der Waals surface area contributed by atoms with Gasteiger partial charge in [-0.25, -0.2) is 4.39 Å². The molecule has 0 radical (unpaired) electrons. The first-order valence-corrected chi connectivity index (χ1v) is 7.75. The van der Waals surface area contributed by atoms with Crippen molar-refractivity contribution in [3.8, 4) is 0 Å². The second-order valence-electron chi connectivity index (χ2n) is 5.46. The molecule has 0 atom stereocenters. The maximum absolute atomic E-state index is 13.1. The maximum atomic E-state index is 13.1. The standard InChI is InChI=1S/C17H16F4N4O2/c1-22-16(24-10-12-4-2-3-5-15(12)25(26)27)23-9-11-6-7-13(18)8-14(11)17(19,20)21/h2-8H,9-10H2,1H3,(H2,22,23,24). The lowest BCUT2D eigenvalue weighted by atomic mass is 10.1. The van der Waals surface area contributed by atoms with E-state index in [9.17, 15) is 27.7 Å². The first-order chi connectivity index (χ1) is 12.7. The number of hydrogen-bond acceptors (Lipinski definition) is 3. The van der Waals surface area contributed by atoms with Crippen molar-refractivity contribution in [2.45, 2.75) is 19.3 Å². The zero-order valence-corrected chi connectivity index (χ0v) is 14.2. The molecule has 0 aliphatic heterocycles. The van der Waals surface area contributed by atoms with Crippen LogP contribution in [0.1, 0.15) is 16.7 Å². The van der Waals surface area contributed by atoms with Crippen molar-refractivity contribution in [3.05, 3.63) is 75.1 Å².